The molecule has 2 nitrogen and oxygen atoms in total. The second-order valence-corrected chi connectivity index (χ2v) is 4.60. The summed E-state index contributed by atoms with van der Waals surface area (Å²) in [6.45, 7) is 4.69. The van der Waals surface area contributed by atoms with Crippen molar-refractivity contribution in [2.24, 2.45) is 0 Å². The molecular formula is C14H23ClN2. The van der Waals surface area contributed by atoms with E-state index in [2.05, 4.69) is 54.5 Å². The fraction of sp³-hybridized carbons (Fsp3) is 0.571. The van der Waals surface area contributed by atoms with Crippen LogP contribution in [0.25, 0.3) is 0 Å². The third-order valence-electron chi connectivity index (χ3n) is 3.64. The minimum absolute atomic E-state index is 0. The molecule has 0 spiro atoms. The van der Waals surface area contributed by atoms with Crippen molar-refractivity contribution in [3.8, 4) is 0 Å². The predicted octanol–water partition coefficient (Wildman–Crippen LogP) is 2.85. The number of hydrogen-bond acceptors (Lipinski definition) is 2. The molecule has 2 unspecified atom stereocenters. The third-order valence-corrected chi connectivity index (χ3v) is 3.64. The van der Waals surface area contributed by atoms with E-state index in [4.69, 9.17) is 0 Å². The molecule has 2 rings (SSSR count). The summed E-state index contributed by atoms with van der Waals surface area (Å²) in [5.74, 6) is 0. The molecule has 3 heteroatoms. The molecule has 1 N–H and O–H groups in total. The first kappa shape index (κ1) is 14.5. The van der Waals surface area contributed by atoms with Gasteiger partial charge in [-0.1, -0.05) is 37.3 Å². The van der Waals surface area contributed by atoms with Crippen LogP contribution in [0.2, 0.25) is 0 Å². The number of hydrogen-bond donors (Lipinski definition) is 1. The Bertz CT molecular complexity index is 315. The van der Waals surface area contributed by atoms with Crippen molar-refractivity contribution in [1.29, 1.82) is 0 Å². The molecule has 0 radical (unpaired) electrons. The zero-order valence-electron chi connectivity index (χ0n) is 10.7. The maximum absolute atomic E-state index is 3.38. The molecule has 2 atom stereocenters. The molecule has 0 amide bonds. The van der Waals surface area contributed by atoms with Gasteiger partial charge in [-0.3, -0.25) is 4.90 Å². The molecule has 1 aliphatic heterocycles. The van der Waals surface area contributed by atoms with Crippen LogP contribution >= 0.6 is 12.4 Å². The second kappa shape index (κ2) is 7.00. The number of nitrogens with one attached hydrogen (secondary N) is 1. The van der Waals surface area contributed by atoms with Crippen LogP contribution < -0.4 is 5.32 Å². The highest BCUT2D eigenvalue weighted by Crippen LogP contribution is 2.27. The number of halogens is 1. The first-order chi connectivity index (χ1) is 7.85. The van der Waals surface area contributed by atoms with Crippen molar-refractivity contribution in [2.75, 3.05) is 20.1 Å². The van der Waals surface area contributed by atoms with E-state index in [1.54, 1.807) is 0 Å². The van der Waals surface area contributed by atoms with Crippen molar-refractivity contribution in [3.05, 3.63) is 35.9 Å². The van der Waals surface area contributed by atoms with Gasteiger partial charge < -0.3 is 5.32 Å². The molecule has 1 aliphatic rings. The van der Waals surface area contributed by atoms with E-state index in [0.717, 1.165) is 0 Å². The summed E-state index contributed by atoms with van der Waals surface area (Å²) in [6, 6.07) is 12.2. The normalized spacial score (nSPS) is 22.1. The van der Waals surface area contributed by atoms with Gasteiger partial charge in [0.05, 0.1) is 0 Å². The van der Waals surface area contributed by atoms with Gasteiger partial charge in [0.1, 0.15) is 0 Å². The third kappa shape index (κ3) is 3.44. The molecule has 0 aromatic heterocycles. The summed E-state index contributed by atoms with van der Waals surface area (Å²) in [5, 5.41) is 3.38. The summed E-state index contributed by atoms with van der Waals surface area (Å²) < 4.78 is 0. The summed E-state index contributed by atoms with van der Waals surface area (Å²) in [4.78, 5) is 2.61. The number of rotatable bonds is 4. The van der Waals surface area contributed by atoms with Crippen LogP contribution in [0.5, 0.6) is 0 Å². The summed E-state index contributed by atoms with van der Waals surface area (Å²) in [5.41, 5.74) is 1.46. The fourth-order valence-electron chi connectivity index (χ4n) is 2.69. The average molecular weight is 255 g/mol. The van der Waals surface area contributed by atoms with Crippen LogP contribution in [-0.4, -0.2) is 31.1 Å². The summed E-state index contributed by atoms with van der Waals surface area (Å²) in [6.07, 6.45) is 2.47. The monoisotopic (exact) mass is 254 g/mol. The Balaban J connectivity index is 0.00000144. The molecule has 0 aliphatic carbocycles. The van der Waals surface area contributed by atoms with Gasteiger partial charge in [0.25, 0.3) is 0 Å². The molecule has 17 heavy (non-hydrogen) atoms. The number of benzene rings is 1. The highest BCUT2D eigenvalue weighted by Gasteiger charge is 2.26. The van der Waals surface area contributed by atoms with Crippen LogP contribution in [0.3, 0.4) is 0 Å². The highest BCUT2D eigenvalue weighted by molar-refractivity contribution is 5.85. The lowest BCUT2D eigenvalue weighted by Crippen LogP contribution is -2.31. The van der Waals surface area contributed by atoms with Crippen LogP contribution in [0, 0.1) is 0 Å². The largest absolute Gasteiger partial charge is 0.316 e. The number of likely N-dealkylation sites (N-methyl/N-ethyl adjacent to an activating group) is 1. The second-order valence-electron chi connectivity index (χ2n) is 4.60. The molecule has 96 valence electrons. The first-order valence-corrected chi connectivity index (χ1v) is 6.31. The minimum atomic E-state index is 0. The quantitative estimate of drug-likeness (QED) is 0.889. The Morgan fingerprint density at radius 2 is 2.06 bits per heavy atom. The summed E-state index contributed by atoms with van der Waals surface area (Å²) in [7, 11) is 2.07. The van der Waals surface area contributed by atoms with Gasteiger partial charge in [-0.05, 0) is 25.5 Å². The zero-order valence-corrected chi connectivity index (χ0v) is 11.5. The van der Waals surface area contributed by atoms with Crippen LogP contribution in [0.15, 0.2) is 30.3 Å². The van der Waals surface area contributed by atoms with Gasteiger partial charge in [-0.25, -0.2) is 0 Å². The first-order valence-electron chi connectivity index (χ1n) is 6.31. The smallest absolute Gasteiger partial charge is 0.0346 e. The fourth-order valence-corrected chi connectivity index (χ4v) is 2.69. The van der Waals surface area contributed by atoms with Crippen LogP contribution in [0.4, 0.5) is 0 Å². The molecule has 1 heterocycles. The minimum Gasteiger partial charge on any atom is -0.316 e. The molecule has 1 fully saturated rings. The average Bonchev–Trinajstić information content (AvgIpc) is 2.80. The van der Waals surface area contributed by atoms with E-state index in [9.17, 15) is 0 Å². The van der Waals surface area contributed by atoms with E-state index < -0.39 is 0 Å². The molecular weight excluding hydrogens is 232 g/mol. The molecule has 1 aromatic carbocycles. The SMILES string of the molecule is CCC(c1ccccc1)N1CCC(NC)C1.Cl. The lowest BCUT2D eigenvalue weighted by molar-refractivity contribution is 0.234. The van der Waals surface area contributed by atoms with Gasteiger partial charge in [-0.2, -0.15) is 0 Å². The Kier molecular flexibility index (Phi) is 5.96. The van der Waals surface area contributed by atoms with Gasteiger partial charge in [0.15, 0.2) is 0 Å². The topological polar surface area (TPSA) is 15.3 Å². The molecule has 1 saturated heterocycles. The Morgan fingerprint density at radius 3 is 2.59 bits per heavy atom. The van der Waals surface area contributed by atoms with Crippen molar-refractivity contribution in [3.63, 3.8) is 0 Å². The van der Waals surface area contributed by atoms with Crippen LogP contribution in [-0.2, 0) is 0 Å². The predicted molar refractivity (Wildman–Crippen MR) is 75.8 cm³/mol. The van der Waals surface area contributed by atoms with E-state index in [1.165, 1.54) is 31.5 Å². The van der Waals surface area contributed by atoms with E-state index in [-0.39, 0.29) is 12.4 Å². The zero-order chi connectivity index (χ0) is 11.4. The van der Waals surface area contributed by atoms with E-state index >= 15 is 0 Å². The maximum atomic E-state index is 3.38. The maximum Gasteiger partial charge on any atom is 0.0346 e. The van der Waals surface area contributed by atoms with Crippen molar-refractivity contribution < 1.29 is 0 Å². The summed E-state index contributed by atoms with van der Waals surface area (Å²) >= 11 is 0. The van der Waals surface area contributed by atoms with Gasteiger partial charge in [0.2, 0.25) is 0 Å². The van der Waals surface area contributed by atoms with Gasteiger partial charge >= 0.3 is 0 Å². The molecule has 0 saturated carbocycles. The number of nitrogens with zero attached hydrogens (tertiary/aromatic N) is 1. The van der Waals surface area contributed by atoms with Crippen molar-refractivity contribution >= 4 is 12.4 Å². The Morgan fingerprint density at radius 1 is 1.35 bits per heavy atom. The van der Waals surface area contributed by atoms with E-state index in [1.807, 2.05) is 0 Å². The lowest BCUT2D eigenvalue weighted by atomic mass is 10.0. The van der Waals surface area contributed by atoms with Crippen LogP contribution in [0.1, 0.15) is 31.4 Å². The number of likely N-dealkylation sites (tertiary alicyclic amines) is 1. The van der Waals surface area contributed by atoms with E-state index in [0.29, 0.717) is 12.1 Å². The van der Waals surface area contributed by atoms with Gasteiger partial charge in [0, 0.05) is 25.2 Å². The van der Waals surface area contributed by atoms with Crippen molar-refractivity contribution in [2.45, 2.75) is 31.8 Å². The standard InChI is InChI=1S/C14H22N2.ClH/c1-3-14(12-7-5-4-6-8-12)16-10-9-13(11-16)15-2;/h4-8,13-15H,3,9-11H2,1-2H3;1H. The highest BCUT2D eigenvalue weighted by atomic mass is 35.5. The molecule has 0 bridgehead atoms. The van der Waals surface area contributed by atoms with Crippen molar-refractivity contribution in [1.82, 2.24) is 10.2 Å². The molecule has 1 aromatic rings. The Labute approximate surface area is 111 Å². The lowest BCUT2D eigenvalue weighted by Gasteiger charge is -2.27. The Hall–Kier alpha value is -0.570. The van der Waals surface area contributed by atoms with Gasteiger partial charge in [-0.15, -0.1) is 12.4 Å².